The van der Waals surface area contributed by atoms with E-state index in [0.29, 0.717) is 23.6 Å². The Morgan fingerprint density at radius 1 is 1.47 bits per heavy atom. The number of hydrogen-bond acceptors (Lipinski definition) is 5. The molecule has 0 bridgehead atoms. The summed E-state index contributed by atoms with van der Waals surface area (Å²) in [6.07, 6.45) is 2.50. The van der Waals surface area contributed by atoms with E-state index in [9.17, 15) is 5.21 Å². The van der Waals surface area contributed by atoms with Gasteiger partial charge in [-0.25, -0.2) is 15.0 Å². The van der Waals surface area contributed by atoms with Crippen LogP contribution in [0.2, 0.25) is 5.02 Å². The van der Waals surface area contributed by atoms with E-state index in [1.54, 1.807) is 0 Å². The highest BCUT2D eigenvalue weighted by molar-refractivity contribution is 6.33. The summed E-state index contributed by atoms with van der Waals surface area (Å²) in [5, 5.41) is 19.5. The molecule has 0 amide bonds. The smallest absolute Gasteiger partial charge is 0.174 e. The van der Waals surface area contributed by atoms with Gasteiger partial charge in [0.05, 0.1) is 5.69 Å². The van der Waals surface area contributed by atoms with Gasteiger partial charge in [-0.2, -0.15) is 0 Å². The van der Waals surface area contributed by atoms with Crippen LogP contribution < -0.4 is 5.06 Å². The highest BCUT2D eigenvalue weighted by Crippen LogP contribution is 2.24. The molecule has 1 aromatic rings. The van der Waals surface area contributed by atoms with Gasteiger partial charge in [0.25, 0.3) is 0 Å². The largest absolute Gasteiger partial charge is 0.396 e. The number of rotatable bonds is 5. The standard InChI is InChI=1S/C9H14ClN3O2/c1-2-7-8(10)9(12-6-11-7)13(15)4-3-5-14/h6,14-15H,2-5H2,1H3. The Hall–Kier alpha value is -0.910. The van der Waals surface area contributed by atoms with E-state index in [0.717, 1.165) is 5.06 Å². The van der Waals surface area contributed by atoms with Crippen LogP contribution in [0.5, 0.6) is 0 Å². The molecule has 0 aromatic carbocycles. The lowest BCUT2D eigenvalue weighted by Crippen LogP contribution is -2.22. The number of nitrogens with zero attached hydrogens (tertiary/aromatic N) is 3. The highest BCUT2D eigenvalue weighted by Gasteiger charge is 2.12. The molecule has 6 heteroatoms. The van der Waals surface area contributed by atoms with Crippen LogP contribution in [0.25, 0.3) is 0 Å². The molecular weight excluding hydrogens is 218 g/mol. The van der Waals surface area contributed by atoms with Gasteiger partial charge in [-0.3, -0.25) is 5.21 Å². The minimum Gasteiger partial charge on any atom is -0.396 e. The topological polar surface area (TPSA) is 69.5 Å². The van der Waals surface area contributed by atoms with Gasteiger partial charge in [0, 0.05) is 13.2 Å². The molecule has 0 spiro atoms. The van der Waals surface area contributed by atoms with Crippen LogP contribution in [-0.4, -0.2) is 33.4 Å². The van der Waals surface area contributed by atoms with Gasteiger partial charge in [-0.1, -0.05) is 18.5 Å². The number of aryl methyl sites for hydroxylation is 1. The first-order chi connectivity index (χ1) is 7.20. The summed E-state index contributed by atoms with van der Waals surface area (Å²) < 4.78 is 0. The van der Waals surface area contributed by atoms with Crippen LogP contribution in [0.15, 0.2) is 6.33 Å². The second kappa shape index (κ2) is 5.85. The summed E-state index contributed by atoms with van der Waals surface area (Å²) in [6, 6.07) is 0. The summed E-state index contributed by atoms with van der Waals surface area (Å²) in [4.78, 5) is 7.88. The maximum atomic E-state index is 9.60. The van der Waals surface area contributed by atoms with E-state index >= 15 is 0 Å². The molecule has 1 rings (SSSR count). The van der Waals surface area contributed by atoms with Gasteiger partial charge >= 0.3 is 0 Å². The highest BCUT2D eigenvalue weighted by atomic mass is 35.5. The summed E-state index contributed by atoms with van der Waals surface area (Å²) in [5.41, 5.74) is 0.699. The van der Waals surface area contributed by atoms with Crippen LogP contribution in [0.3, 0.4) is 0 Å². The lowest BCUT2D eigenvalue weighted by atomic mass is 10.3. The van der Waals surface area contributed by atoms with Crippen molar-refractivity contribution in [2.24, 2.45) is 0 Å². The van der Waals surface area contributed by atoms with Crippen molar-refractivity contribution in [1.29, 1.82) is 0 Å². The molecule has 0 aliphatic heterocycles. The number of aromatic nitrogens is 2. The van der Waals surface area contributed by atoms with Crippen molar-refractivity contribution >= 4 is 17.4 Å². The number of anilines is 1. The minimum absolute atomic E-state index is 0.0143. The fourth-order valence-electron chi connectivity index (χ4n) is 1.15. The Labute approximate surface area is 93.3 Å². The fraction of sp³-hybridized carbons (Fsp3) is 0.556. The molecule has 0 aliphatic rings. The van der Waals surface area contributed by atoms with Gasteiger partial charge in [0.1, 0.15) is 11.3 Å². The molecule has 15 heavy (non-hydrogen) atoms. The summed E-state index contributed by atoms with van der Waals surface area (Å²) in [6.45, 7) is 2.23. The zero-order chi connectivity index (χ0) is 11.3. The Bertz CT molecular complexity index is 322. The number of aliphatic hydroxyl groups is 1. The van der Waals surface area contributed by atoms with E-state index in [4.69, 9.17) is 16.7 Å². The Morgan fingerprint density at radius 3 is 2.80 bits per heavy atom. The van der Waals surface area contributed by atoms with E-state index in [1.807, 2.05) is 6.92 Å². The second-order valence-electron chi connectivity index (χ2n) is 3.01. The minimum atomic E-state index is 0.0143. The average Bonchev–Trinajstić information content (AvgIpc) is 2.26. The second-order valence-corrected chi connectivity index (χ2v) is 3.39. The Morgan fingerprint density at radius 2 is 2.20 bits per heavy atom. The molecule has 1 heterocycles. The SMILES string of the molecule is CCc1ncnc(N(O)CCCO)c1Cl. The molecule has 0 saturated heterocycles. The van der Waals surface area contributed by atoms with E-state index in [2.05, 4.69) is 9.97 Å². The van der Waals surface area contributed by atoms with Crippen LogP contribution in [0.4, 0.5) is 5.82 Å². The molecular formula is C9H14ClN3O2. The van der Waals surface area contributed by atoms with E-state index in [1.165, 1.54) is 6.33 Å². The number of hydroxylamine groups is 1. The summed E-state index contributed by atoms with van der Waals surface area (Å²) in [7, 11) is 0. The fourth-order valence-corrected chi connectivity index (χ4v) is 1.48. The molecule has 0 fully saturated rings. The predicted molar refractivity (Wildman–Crippen MR) is 57.3 cm³/mol. The molecule has 2 N–H and O–H groups in total. The zero-order valence-corrected chi connectivity index (χ0v) is 9.28. The van der Waals surface area contributed by atoms with Gasteiger partial charge < -0.3 is 5.11 Å². The van der Waals surface area contributed by atoms with E-state index in [-0.39, 0.29) is 19.0 Å². The Kier molecular flexibility index (Phi) is 4.74. The van der Waals surface area contributed by atoms with Crippen molar-refractivity contribution in [2.45, 2.75) is 19.8 Å². The third-order valence-corrected chi connectivity index (χ3v) is 2.34. The normalized spacial score (nSPS) is 10.4. The first-order valence-corrected chi connectivity index (χ1v) is 5.15. The van der Waals surface area contributed by atoms with Crippen molar-refractivity contribution in [1.82, 2.24) is 9.97 Å². The molecule has 0 saturated carbocycles. The van der Waals surface area contributed by atoms with Crippen molar-refractivity contribution in [2.75, 3.05) is 18.2 Å². The average molecular weight is 232 g/mol. The first-order valence-electron chi connectivity index (χ1n) is 4.77. The van der Waals surface area contributed by atoms with Crippen molar-refractivity contribution in [3.05, 3.63) is 17.0 Å². The predicted octanol–water partition coefficient (Wildman–Crippen LogP) is 1.27. The number of aliphatic hydroxyl groups excluding tert-OH is 1. The zero-order valence-electron chi connectivity index (χ0n) is 8.52. The molecule has 0 radical (unpaired) electrons. The first kappa shape index (κ1) is 12.2. The number of hydrogen-bond donors (Lipinski definition) is 2. The van der Waals surface area contributed by atoms with Crippen molar-refractivity contribution in [3.8, 4) is 0 Å². The van der Waals surface area contributed by atoms with Crippen molar-refractivity contribution < 1.29 is 10.3 Å². The molecule has 84 valence electrons. The summed E-state index contributed by atoms with van der Waals surface area (Å²) in [5.74, 6) is 0.289. The molecule has 0 unspecified atom stereocenters. The summed E-state index contributed by atoms with van der Waals surface area (Å²) >= 11 is 5.99. The van der Waals surface area contributed by atoms with Crippen LogP contribution in [0, 0.1) is 0 Å². The molecule has 1 aromatic heterocycles. The van der Waals surface area contributed by atoms with Gasteiger partial charge in [0.2, 0.25) is 0 Å². The van der Waals surface area contributed by atoms with Crippen LogP contribution in [0.1, 0.15) is 19.0 Å². The van der Waals surface area contributed by atoms with Crippen LogP contribution >= 0.6 is 11.6 Å². The maximum Gasteiger partial charge on any atom is 0.174 e. The lowest BCUT2D eigenvalue weighted by Gasteiger charge is -2.16. The maximum absolute atomic E-state index is 9.60. The van der Waals surface area contributed by atoms with Gasteiger partial charge in [-0.05, 0) is 12.8 Å². The van der Waals surface area contributed by atoms with Crippen LogP contribution in [-0.2, 0) is 6.42 Å². The third kappa shape index (κ3) is 3.02. The quantitative estimate of drug-likeness (QED) is 0.747. The van der Waals surface area contributed by atoms with Crippen molar-refractivity contribution in [3.63, 3.8) is 0 Å². The third-order valence-electron chi connectivity index (χ3n) is 1.95. The van der Waals surface area contributed by atoms with Gasteiger partial charge in [0.15, 0.2) is 5.82 Å². The lowest BCUT2D eigenvalue weighted by molar-refractivity contribution is 0.225. The number of halogens is 1. The monoisotopic (exact) mass is 231 g/mol. The van der Waals surface area contributed by atoms with Gasteiger partial charge in [-0.15, -0.1) is 0 Å². The van der Waals surface area contributed by atoms with E-state index < -0.39 is 0 Å². The molecule has 0 atom stereocenters. The Balaban J connectivity index is 2.83. The molecule has 5 nitrogen and oxygen atoms in total. The molecule has 0 aliphatic carbocycles.